The molecule has 0 aliphatic rings. The minimum absolute atomic E-state index is 0.192. The Bertz CT molecular complexity index is 332. The zero-order valence-corrected chi connectivity index (χ0v) is 9.07. The van der Waals surface area contributed by atoms with Gasteiger partial charge in [0.1, 0.15) is 0 Å². The summed E-state index contributed by atoms with van der Waals surface area (Å²) in [7, 11) is 0. The smallest absolute Gasteiger partial charge is 0.240 e. The van der Waals surface area contributed by atoms with Crippen LogP contribution in [0.25, 0.3) is 0 Å². The highest BCUT2D eigenvalue weighted by Gasteiger charge is 2.39. The Balaban J connectivity index is 3.23. The van der Waals surface area contributed by atoms with E-state index in [1.165, 1.54) is 4.68 Å². The highest BCUT2D eigenvalue weighted by molar-refractivity contribution is 5.24. The van der Waals surface area contributed by atoms with Crippen LogP contribution in [0, 0.1) is 0 Å². The van der Waals surface area contributed by atoms with Gasteiger partial charge in [-0.2, -0.15) is 0 Å². The van der Waals surface area contributed by atoms with E-state index in [9.17, 15) is 0 Å². The lowest BCUT2D eigenvalue weighted by molar-refractivity contribution is 0.286. The second-order valence-electron chi connectivity index (χ2n) is 4.60. The molecule has 14 heavy (non-hydrogen) atoms. The molecule has 0 aromatic carbocycles. The fourth-order valence-corrected chi connectivity index (χ4v) is 1.02. The summed E-state index contributed by atoms with van der Waals surface area (Å²) in [6.45, 7) is 7.75. The van der Waals surface area contributed by atoms with E-state index in [0.717, 1.165) is 0 Å². The molecule has 6 nitrogen and oxygen atoms in total. The lowest BCUT2D eigenvalue weighted by atomic mass is 9.74. The SMILES string of the molecule is CC(C)(N)C(C)(C)c1nnc(N)n1N. The van der Waals surface area contributed by atoms with Gasteiger partial charge in [-0.3, -0.25) is 0 Å². The van der Waals surface area contributed by atoms with Gasteiger partial charge >= 0.3 is 0 Å². The molecular formula is C8H18N6. The van der Waals surface area contributed by atoms with Crippen molar-refractivity contribution in [3.8, 4) is 0 Å². The Hall–Kier alpha value is -1.30. The van der Waals surface area contributed by atoms with Gasteiger partial charge in [-0.1, -0.05) is 13.8 Å². The number of nitrogens with two attached hydrogens (primary N) is 3. The molecule has 6 heteroatoms. The number of anilines is 1. The molecule has 0 spiro atoms. The van der Waals surface area contributed by atoms with E-state index in [-0.39, 0.29) is 5.95 Å². The van der Waals surface area contributed by atoms with Crippen LogP contribution in [0.1, 0.15) is 33.5 Å². The molecule has 1 aromatic rings. The maximum absolute atomic E-state index is 6.05. The molecule has 80 valence electrons. The molecule has 1 aromatic heterocycles. The van der Waals surface area contributed by atoms with Gasteiger partial charge in [0.25, 0.3) is 0 Å². The summed E-state index contributed by atoms with van der Waals surface area (Å²) >= 11 is 0. The quantitative estimate of drug-likeness (QED) is 0.560. The minimum Gasteiger partial charge on any atom is -0.366 e. The van der Waals surface area contributed by atoms with E-state index >= 15 is 0 Å². The molecule has 0 saturated heterocycles. The Labute approximate surface area is 83.4 Å². The molecule has 0 amide bonds. The summed E-state index contributed by atoms with van der Waals surface area (Å²) in [5.41, 5.74) is 10.7. The summed E-state index contributed by atoms with van der Waals surface area (Å²) in [4.78, 5) is 0. The van der Waals surface area contributed by atoms with Crippen molar-refractivity contribution in [2.24, 2.45) is 5.73 Å². The van der Waals surface area contributed by atoms with Crippen molar-refractivity contribution in [2.75, 3.05) is 11.6 Å². The highest BCUT2D eigenvalue weighted by atomic mass is 15.4. The van der Waals surface area contributed by atoms with Crippen molar-refractivity contribution in [1.82, 2.24) is 14.9 Å². The average Bonchev–Trinajstić information content (AvgIpc) is 2.30. The van der Waals surface area contributed by atoms with E-state index in [1.54, 1.807) is 0 Å². The minimum atomic E-state index is -0.455. The summed E-state index contributed by atoms with van der Waals surface area (Å²) in [5, 5.41) is 7.64. The Morgan fingerprint density at radius 3 is 1.93 bits per heavy atom. The normalized spacial score (nSPS) is 13.2. The Morgan fingerprint density at radius 1 is 1.14 bits per heavy atom. The summed E-state index contributed by atoms with van der Waals surface area (Å²) in [6, 6.07) is 0. The van der Waals surface area contributed by atoms with Gasteiger partial charge in [-0.05, 0) is 13.8 Å². The maximum Gasteiger partial charge on any atom is 0.240 e. The number of nitrogens with zero attached hydrogens (tertiary/aromatic N) is 3. The van der Waals surface area contributed by atoms with E-state index in [4.69, 9.17) is 17.3 Å². The van der Waals surface area contributed by atoms with Crippen LogP contribution in [0.4, 0.5) is 5.95 Å². The lowest BCUT2D eigenvalue weighted by Gasteiger charge is -2.36. The van der Waals surface area contributed by atoms with E-state index in [2.05, 4.69) is 10.2 Å². The molecule has 0 saturated carbocycles. The van der Waals surface area contributed by atoms with Crippen LogP contribution in [0.5, 0.6) is 0 Å². The predicted molar refractivity (Wildman–Crippen MR) is 55.9 cm³/mol. The fraction of sp³-hybridized carbons (Fsp3) is 0.750. The van der Waals surface area contributed by atoms with Gasteiger partial charge in [0.15, 0.2) is 5.82 Å². The molecule has 6 N–H and O–H groups in total. The second kappa shape index (κ2) is 2.84. The number of rotatable bonds is 2. The number of aromatic nitrogens is 3. The topological polar surface area (TPSA) is 109 Å². The second-order valence-corrected chi connectivity index (χ2v) is 4.60. The number of nitrogen functional groups attached to an aromatic ring is 2. The molecule has 1 heterocycles. The average molecular weight is 198 g/mol. The molecule has 0 bridgehead atoms. The summed E-state index contributed by atoms with van der Waals surface area (Å²) in [6.07, 6.45) is 0. The molecule has 0 unspecified atom stereocenters. The van der Waals surface area contributed by atoms with Crippen molar-refractivity contribution >= 4 is 5.95 Å². The summed E-state index contributed by atoms with van der Waals surface area (Å²) < 4.78 is 1.27. The molecule has 0 aliphatic heterocycles. The summed E-state index contributed by atoms with van der Waals surface area (Å²) in [5.74, 6) is 6.47. The first kappa shape index (κ1) is 10.8. The van der Waals surface area contributed by atoms with E-state index < -0.39 is 11.0 Å². The molecular weight excluding hydrogens is 180 g/mol. The maximum atomic E-state index is 6.05. The molecule has 1 rings (SSSR count). The van der Waals surface area contributed by atoms with Crippen molar-refractivity contribution < 1.29 is 0 Å². The molecule has 0 aliphatic carbocycles. The predicted octanol–water partition coefficient (Wildman–Crippen LogP) is -0.411. The fourth-order valence-electron chi connectivity index (χ4n) is 1.02. The van der Waals surface area contributed by atoms with Crippen LogP contribution < -0.4 is 17.3 Å². The van der Waals surface area contributed by atoms with Crippen LogP contribution in [0.2, 0.25) is 0 Å². The van der Waals surface area contributed by atoms with Gasteiger partial charge in [-0.15, -0.1) is 10.2 Å². The lowest BCUT2D eigenvalue weighted by Crippen LogP contribution is -2.52. The van der Waals surface area contributed by atoms with Crippen LogP contribution in [-0.2, 0) is 5.41 Å². The zero-order valence-electron chi connectivity index (χ0n) is 9.07. The van der Waals surface area contributed by atoms with Gasteiger partial charge in [0.2, 0.25) is 5.95 Å². The van der Waals surface area contributed by atoms with Crippen LogP contribution in [0.15, 0.2) is 0 Å². The largest absolute Gasteiger partial charge is 0.366 e. The van der Waals surface area contributed by atoms with Crippen molar-refractivity contribution in [2.45, 2.75) is 38.6 Å². The van der Waals surface area contributed by atoms with Crippen molar-refractivity contribution in [3.63, 3.8) is 0 Å². The monoisotopic (exact) mass is 198 g/mol. The van der Waals surface area contributed by atoms with Gasteiger partial charge < -0.3 is 17.3 Å². The number of hydrogen-bond donors (Lipinski definition) is 3. The third-order valence-corrected chi connectivity index (χ3v) is 2.89. The first-order valence-electron chi connectivity index (χ1n) is 4.43. The van der Waals surface area contributed by atoms with Gasteiger partial charge in [0.05, 0.1) is 0 Å². The molecule has 0 atom stereocenters. The van der Waals surface area contributed by atoms with Crippen LogP contribution in [-0.4, -0.2) is 20.4 Å². The number of hydrogen-bond acceptors (Lipinski definition) is 5. The third-order valence-electron chi connectivity index (χ3n) is 2.89. The van der Waals surface area contributed by atoms with Crippen LogP contribution >= 0.6 is 0 Å². The Morgan fingerprint density at radius 2 is 1.64 bits per heavy atom. The highest BCUT2D eigenvalue weighted by Crippen LogP contribution is 2.31. The first-order chi connectivity index (χ1) is 6.18. The van der Waals surface area contributed by atoms with Crippen molar-refractivity contribution in [3.05, 3.63) is 5.82 Å². The first-order valence-corrected chi connectivity index (χ1v) is 4.43. The van der Waals surface area contributed by atoms with Gasteiger partial charge in [0, 0.05) is 11.0 Å². The van der Waals surface area contributed by atoms with E-state index in [1.807, 2.05) is 27.7 Å². The van der Waals surface area contributed by atoms with Crippen LogP contribution in [0.3, 0.4) is 0 Å². The van der Waals surface area contributed by atoms with Crippen molar-refractivity contribution in [1.29, 1.82) is 0 Å². The molecule has 0 radical (unpaired) electrons. The van der Waals surface area contributed by atoms with Gasteiger partial charge in [-0.25, -0.2) is 4.68 Å². The molecule has 0 fully saturated rings. The standard InChI is InChI=1S/C8H18N6/c1-7(2,8(3,4)10)5-12-13-6(9)14(5)11/h10-11H2,1-4H3,(H2,9,13). The Kier molecular flexibility index (Phi) is 2.19. The zero-order chi connectivity index (χ0) is 11.1. The third kappa shape index (κ3) is 1.41. The van der Waals surface area contributed by atoms with E-state index in [0.29, 0.717) is 5.82 Å².